The molecule has 2 heterocycles. The van der Waals surface area contributed by atoms with Crippen molar-refractivity contribution >= 4 is 10.9 Å². The van der Waals surface area contributed by atoms with Crippen molar-refractivity contribution in [2.24, 2.45) is 7.05 Å². The first-order chi connectivity index (χ1) is 18.6. The highest BCUT2D eigenvalue weighted by atomic mass is 16.3. The Balaban J connectivity index is 1.59. The van der Waals surface area contributed by atoms with E-state index in [-0.39, 0.29) is 17.8 Å². The molecule has 2 heteroatoms. The first-order valence-corrected chi connectivity index (χ1v) is 13.5. The third-order valence-corrected chi connectivity index (χ3v) is 8.40. The Bertz CT molecular complexity index is 1740. The van der Waals surface area contributed by atoms with Crippen molar-refractivity contribution < 1.29 is 4.42 Å². The summed E-state index contributed by atoms with van der Waals surface area (Å²) in [5.41, 5.74) is 10.4. The Kier molecular flexibility index (Phi) is 5.37. The van der Waals surface area contributed by atoms with E-state index in [1.807, 2.05) is 0 Å². The minimum atomic E-state index is 0.149. The van der Waals surface area contributed by atoms with Crippen LogP contribution < -0.4 is 0 Å². The molecule has 0 unspecified atom stereocenters. The fourth-order valence-electron chi connectivity index (χ4n) is 6.85. The van der Waals surface area contributed by atoms with E-state index in [1.165, 1.54) is 44.3 Å². The number of aryl methyl sites for hydroxylation is 3. The molecule has 0 radical (unpaired) electrons. The SMILES string of the molecule is Cc1ccc2c(c1)c([C@@H]1c3c(-c4ccccc4)oc(C)c3[C@H](c3ccccc3)[C@H]1c1ccccc1)cn2C. The molecule has 0 N–H and O–H groups in total. The average Bonchev–Trinajstić information content (AvgIpc) is 3.59. The second-order valence-corrected chi connectivity index (χ2v) is 10.7. The van der Waals surface area contributed by atoms with E-state index in [0.29, 0.717) is 0 Å². The van der Waals surface area contributed by atoms with Crippen LogP contribution in [-0.4, -0.2) is 4.57 Å². The van der Waals surface area contributed by atoms with Crippen molar-refractivity contribution in [2.75, 3.05) is 0 Å². The summed E-state index contributed by atoms with van der Waals surface area (Å²) < 4.78 is 8.99. The lowest BCUT2D eigenvalue weighted by Crippen LogP contribution is -2.14. The Labute approximate surface area is 224 Å². The highest BCUT2D eigenvalue weighted by molar-refractivity contribution is 5.87. The number of benzene rings is 4. The van der Waals surface area contributed by atoms with E-state index in [0.717, 1.165) is 17.1 Å². The zero-order valence-corrected chi connectivity index (χ0v) is 22.1. The monoisotopic (exact) mass is 493 g/mol. The third-order valence-electron chi connectivity index (χ3n) is 8.40. The predicted octanol–water partition coefficient (Wildman–Crippen LogP) is 9.12. The zero-order chi connectivity index (χ0) is 25.8. The van der Waals surface area contributed by atoms with Gasteiger partial charge in [0.25, 0.3) is 0 Å². The first-order valence-electron chi connectivity index (χ1n) is 13.5. The molecule has 0 amide bonds. The Morgan fingerprint density at radius 2 is 1.29 bits per heavy atom. The van der Waals surface area contributed by atoms with Gasteiger partial charge in [0.15, 0.2) is 0 Å². The molecule has 0 bridgehead atoms. The number of hydrogen-bond donors (Lipinski definition) is 0. The Morgan fingerprint density at radius 3 is 1.97 bits per heavy atom. The summed E-state index contributed by atoms with van der Waals surface area (Å²) in [6.07, 6.45) is 2.36. The molecule has 0 saturated heterocycles. The molecular weight excluding hydrogens is 462 g/mol. The largest absolute Gasteiger partial charge is 0.461 e. The molecule has 0 saturated carbocycles. The van der Waals surface area contributed by atoms with Crippen LogP contribution in [0.1, 0.15) is 56.9 Å². The molecule has 6 aromatic rings. The summed E-state index contributed by atoms with van der Waals surface area (Å²) in [4.78, 5) is 0. The second-order valence-electron chi connectivity index (χ2n) is 10.7. The molecule has 2 aromatic heterocycles. The van der Waals surface area contributed by atoms with Gasteiger partial charge in [-0.15, -0.1) is 0 Å². The minimum absolute atomic E-state index is 0.149. The van der Waals surface area contributed by atoms with Gasteiger partial charge in [-0.1, -0.05) is 103 Å². The van der Waals surface area contributed by atoms with Gasteiger partial charge >= 0.3 is 0 Å². The summed E-state index contributed by atoms with van der Waals surface area (Å²) >= 11 is 0. The number of fused-ring (bicyclic) bond motifs is 2. The van der Waals surface area contributed by atoms with Crippen LogP contribution in [0.4, 0.5) is 0 Å². The fourth-order valence-corrected chi connectivity index (χ4v) is 6.85. The molecule has 0 spiro atoms. The lowest BCUT2D eigenvalue weighted by atomic mass is 9.75. The number of rotatable bonds is 4. The van der Waals surface area contributed by atoms with Crippen molar-refractivity contribution in [1.29, 1.82) is 0 Å². The van der Waals surface area contributed by atoms with Gasteiger partial charge in [-0.05, 0) is 42.7 Å². The quantitative estimate of drug-likeness (QED) is 0.239. The van der Waals surface area contributed by atoms with Gasteiger partial charge in [-0.2, -0.15) is 0 Å². The van der Waals surface area contributed by atoms with E-state index in [4.69, 9.17) is 4.42 Å². The van der Waals surface area contributed by atoms with Crippen molar-refractivity contribution in [3.63, 3.8) is 0 Å². The van der Waals surface area contributed by atoms with E-state index >= 15 is 0 Å². The van der Waals surface area contributed by atoms with E-state index < -0.39 is 0 Å². The number of nitrogens with zero attached hydrogens (tertiary/aromatic N) is 1. The Morgan fingerprint density at radius 1 is 0.658 bits per heavy atom. The van der Waals surface area contributed by atoms with Gasteiger partial charge in [-0.25, -0.2) is 0 Å². The highest BCUT2D eigenvalue weighted by Gasteiger charge is 2.48. The molecule has 0 fully saturated rings. The summed E-state index contributed by atoms with van der Waals surface area (Å²) in [7, 11) is 2.17. The van der Waals surface area contributed by atoms with Crippen molar-refractivity contribution in [3.8, 4) is 11.3 Å². The van der Waals surface area contributed by atoms with Crippen LogP contribution in [0.25, 0.3) is 22.2 Å². The zero-order valence-electron chi connectivity index (χ0n) is 22.1. The molecule has 7 rings (SSSR count). The molecule has 1 aliphatic rings. The molecule has 3 atom stereocenters. The molecular formula is C36H31NO. The van der Waals surface area contributed by atoms with Gasteiger partial charge in [0.1, 0.15) is 11.5 Å². The fraction of sp³-hybridized carbons (Fsp3) is 0.167. The minimum Gasteiger partial charge on any atom is -0.461 e. The number of aromatic nitrogens is 1. The molecule has 2 nitrogen and oxygen atoms in total. The van der Waals surface area contributed by atoms with Crippen LogP contribution in [0.3, 0.4) is 0 Å². The lowest BCUT2D eigenvalue weighted by Gasteiger charge is -2.28. The van der Waals surface area contributed by atoms with Crippen LogP contribution in [0, 0.1) is 13.8 Å². The van der Waals surface area contributed by atoms with Crippen molar-refractivity contribution in [2.45, 2.75) is 31.6 Å². The summed E-state index contributed by atoms with van der Waals surface area (Å²) in [6, 6.07) is 39.6. The third kappa shape index (κ3) is 3.48. The maximum atomic E-state index is 6.70. The summed E-state index contributed by atoms with van der Waals surface area (Å²) in [5, 5.41) is 1.33. The smallest absolute Gasteiger partial charge is 0.138 e. The number of furan rings is 1. The number of hydrogen-bond acceptors (Lipinski definition) is 1. The predicted molar refractivity (Wildman–Crippen MR) is 156 cm³/mol. The molecule has 1 aliphatic carbocycles. The van der Waals surface area contributed by atoms with Crippen LogP contribution in [0.5, 0.6) is 0 Å². The normalized spacial score (nSPS) is 18.7. The summed E-state index contributed by atoms with van der Waals surface area (Å²) in [6.45, 7) is 4.34. The topological polar surface area (TPSA) is 18.1 Å². The van der Waals surface area contributed by atoms with Crippen LogP contribution in [-0.2, 0) is 7.05 Å². The maximum absolute atomic E-state index is 6.70. The van der Waals surface area contributed by atoms with Gasteiger partial charge < -0.3 is 8.98 Å². The molecule has 4 aromatic carbocycles. The van der Waals surface area contributed by atoms with Crippen LogP contribution >= 0.6 is 0 Å². The van der Waals surface area contributed by atoms with Crippen molar-refractivity contribution in [3.05, 3.63) is 155 Å². The van der Waals surface area contributed by atoms with E-state index in [2.05, 4.69) is 141 Å². The van der Waals surface area contributed by atoms with Gasteiger partial charge in [0.05, 0.1) is 0 Å². The van der Waals surface area contributed by atoms with E-state index in [1.54, 1.807) is 0 Å². The molecule has 186 valence electrons. The van der Waals surface area contributed by atoms with Crippen LogP contribution in [0.2, 0.25) is 0 Å². The molecule has 38 heavy (non-hydrogen) atoms. The summed E-state index contributed by atoms with van der Waals surface area (Å²) in [5.74, 6) is 2.61. The average molecular weight is 494 g/mol. The standard InChI is InChI=1S/C36H31NO/c1-23-19-20-30-28(21-23)29(22-37(30)3)34-33(26-15-9-5-10-16-26)32(25-13-7-4-8-14-25)31-24(2)38-36(35(31)34)27-17-11-6-12-18-27/h4-22,32-34H,1-3H3/t32-,33+,34-/m0/s1. The highest BCUT2D eigenvalue weighted by Crippen LogP contribution is 2.62. The second kappa shape index (κ2) is 8.92. The van der Waals surface area contributed by atoms with Gasteiger partial charge in [-0.3, -0.25) is 0 Å². The maximum Gasteiger partial charge on any atom is 0.138 e. The van der Waals surface area contributed by atoms with Crippen molar-refractivity contribution in [1.82, 2.24) is 4.57 Å². The molecule has 0 aliphatic heterocycles. The van der Waals surface area contributed by atoms with Gasteiger partial charge in [0, 0.05) is 58.6 Å². The first kappa shape index (κ1) is 22.9. The van der Waals surface area contributed by atoms with E-state index in [9.17, 15) is 0 Å². The van der Waals surface area contributed by atoms with Crippen LogP contribution in [0.15, 0.2) is 120 Å². The Hall–Kier alpha value is -4.30. The van der Waals surface area contributed by atoms with Gasteiger partial charge in [0.2, 0.25) is 0 Å². The lowest BCUT2D eigenvalue weighted by molar-refractivity contribution is 0.511.